The first-order valence-electron chi connectivity index (χ1n) is 2.58. The molecule has 52 valence electrons. The van der Waals surface area contributed by atoms with Crippen molar-refractivity contribution < 1.29 is 15.0 Å². The molecular weight excluding hydrogens is 122 g/mol. The molecule has 1 amide bonds. The van der Waals surface area contributed by atoms with Crippen molar-refractivity contribution >= 4 is 6.41 Å². The van der Waals surface area contributed by atoms with Crippen molar-refractivity contribution in [2.45, 2.75) is 6.10 Å². The fourth-order valence-electron chi connectivity index (χ4n) is 0.411. The van der Waals surface area contributed by atoms with E-state index in [1.54, 1.807) is 6.41 Å². The SMILES string of the molecule is CN([C+]=O)CC(O)CO. The average molecular weight is 132 g/mol. The molecule has 0 bridgehead atoms. The summed E-state index contributed by atoms with van der Waals surface area (Å²) in [6, 6.07) is 0. The van der Waals surface area contributed by atoms with Crippen LogP contribution in [0, 0.1) is 0 Å². The number of carbonyl (C=O) groups excluding carboxylic acids is 1. The topological polar surface area (TPSA) is 60.8 Å². The summed E-state index contributed by atoms with van der Waals surface area (Å²) in [7, 11) is 1.48. The molecule has 0 saturated heterocycles. The van der Waals surface area contributed by atoms with Crippen molar-refractivity contribution in [2.75, 3.05) is 20.2 Å². The molecule has 4 heteroatoms. The molecule has 0 aromatic carbocycles. The van der Waals surface area contributed by atoms with Crippen molar-refractivity contribution in [1.82, 2.24) is 4.90 Å². The van der Waals surface area contributed by atoms with Crippen LogP contribution in [0.5, 0.6) is 0 Å². The highest BCUT2D eigenvalue weighted by Gasteiger charge is 2.13. The highest BCUT2D eigenvalue weighted by Crippen LogP contribution is 1.82. The Morgan fingerprint density at radius 3 is 2.67 bits per heavy atom. The Kier molecular flexibility index (Phi) is 3.88. The van der Waals surface area contributed by atoms with E-state index in [4.69, 9.17) is 10.2 Å². The van der Waals surface area contributed by atoms with E-state index in [0.717, 1.165) is 4.90 Å². The maximum Gasteiger partial charge on any atom is 0.667 e. The summed E-state index contributed by atoms with van der Waals surface area (Å²) in [5, 5.41) is 17.0. The molecular formula is C5H10NO3+. The molecule has 0 aliphatic rings. The first-order valence-corrected chi connectivity index (χ1v) is 2.58. The summed E-state index contributed by atoms with van der Waals surface area (Å²) >= 11 is 0. The molecule has 0 fully saturated rings. The lowest BCUT2D eigenvalue weighted by atomic mass is 10.4. The molecule has 1 unspecified atom stereocenters. The zero-order valence-corrected chi connectivity index (χ0v) is 5.24. The van der Waals surface area contributed by atoms with E-state index in [0.29, 0.717) is 0 Å². The van der Waals surface area contributed by atoms with Gasteiger partial charge in [0.15, 0.2) is 0 Å². The van der Waals surface area contributed by atoms with E-state index in [1.807, 2.05) is 0 Å². The zero-order valence-electron chi connectivity index (χ0n) is 5.24. The number of hydrogen-bond acceptors (Lipinski definition) is 3. The molecule has 0 saturated carbocycles. The molecule has 0 aromatic rings. The van der Waals surface area contributed by atoms with Gasteiger partial charge in [-0.1, -0.05) is 0 Å². The average Bonchev–Trinajstić information content (AvgIpc) is 1.87. The predicted octanol–water partition coefficient (Wildman–Crippen LogP) is -1.66. The van der Waals surface area contributed by atoms with Crippen LogP contribution in [-0.4, -0.2) is 47.8 Å². The number of likely N-dealkylation sites (N-methyl/N-ethyl adjacent to an activating group) is 1. The molecule has 9 heavy (non-hydrogen) atoms. The third-order valence-electron chi connectivity index (χ3n) is 0.851. The van der Waals surface area contributed by atoms with Crippen LogP contribution in [0.25, 0.3) is 0 Å². The normalized spacial score (nSPS) is 12.3. The largest absolute Gasteiger partial charge is 0.667 e. The molecule has 2 N–H and O–H groups in total. The van der Waals surface area contributed by atoms with Gasteiger partial charge in [-0.3, -0.25) is 0 Å². The second-order valence-electron chi connectivity index (χ2n) is 1.81. The Morgan fingerprint density at radius 1 is 1.78 bits per heavy atom. The molecule has 0 heterocycles. The number of rotatable bonds is 4. The fraction of sp³-hybridized carbons (Fsp3) is 0.800. The molecule has 4 nitrogen and oxygen atoms in total. The van der Waals surface area contributed by atoms with Crippen LogP contribution in [0.2, 0.25) is 0 Å². The van der Waals surface area contributed by atoms with Crippen molar-refractivity contribution in [2.24, 2.45) is 0 Å². The van der Waals surface area contributed by atoms with Crippen molar-refractivity contribution in [3.63, 3.8) is 0 Å². The van der Waals surface area contributed by atoms with Gasteiger partial charge in [0.1, 0.15) is 0 Å². The Labute approximate surface area is 53.7 Å². The van der Waals surface area contributed by atoms with E-state index in [1.165, 1.54) is 7.05 Å². The molecule has 1 atom stereocenters. The number of nitrogens with zero attached hydrogens (tertiary/aromatic N) is 1. The lowest BCUT2D eigenvalue weighted by Gasteiger charge is -2.04. The van der Waals surface area contributed by atoms with Crippen molar-refractivity contribution in [3.8, 4) is 0 Å². The van der Waals surface area contributed by atoms with Crippen LogP contribution in [0.3, 0.4) is 0 Å². The van der Waals surface area contributed by atoms with E-state index >= 15 is 0 Å². The Morgan fingerprint density at radius 2 is 2.33 bits per heavy atom. The molecule has 0 spiro atoms. The third kappa shape index (κ3) is 3.85. The first kappa shape index (κ1) is 8.30. The second-order valence-corrected chi connectivity index (χ2v) is 1.81. The first-order chi connectivity index (χ1) is 4.20. The monoisotopic (exact) mass is 132 g/mol. The highest BCUT2D eigenvalue weighted by atomic mass is 16.3. The minimum Gasteiger partial charge on any atom is -0.394 e. The van der Waals surface area contributed by atoms with Gasteiger partial charge in [-0.05, 0) is 0 Å². The predicted molar refractivity (Wildman–Crippen MR) is 31.4 cm³/mol. The van der Waals surface area contributed by atoms with Crippen LogP contribution >= 0.6 is 0 Å². The third-order valence-corrected chi connectivity index (χ3v) is 0.851. The standard InChI is InChI=1S/C5H10NO3/c1-6(4-8)2-5(9)3-7/h5,7,9H,2-3H2,1H3/q+1. The minimum atomic E-state index is -0.851. The van der Waals surface area contributed by atoms with Crippen LogP contribution in [0.4, 0.5) is 0 Å². The maximum atomic E-state index is 9.76. The van der Waals surface area contributed by atoms with Gasteiger partial charge in [0.2, 0.25) is 0 Å². The van der Waals surface area contributed by atoms with Crippen LogP contribution in [0.1, 0.15) is 0 Å². The zero-order chi connectivity index (χ0) is 7.28. The summed E-state index contributed by atoms with van der Waals surface area (Å²) in [5.74, 6) is 0. The van der Waals surface area contributed by atoms with E-state index in [9.17, 15) is 4.79 Å². The molecule has 0 aliphatic heterocycles. The van der Waals surface area contributed by atoms with E-state index in [-0.39, 0.29) is 13.2 Å². The van der Waals surface area contributed by atoms with Gasteiger partial charge >= 0.3 is 6.41 Å². The summed E-state index contributed by atoms with van der Waals surface area (Å²) < 4.78 is 0. The number of aliphatic hydroxyl groups excluding tert-OH is 2. The Hall–Kier alpha value is -0.700. The molecule has 0 aliphatic carbocycles. The lowest BCUT2D eigenvalue weighted by molar-refractivity contribution is 0.0800. The van der Waals surface area contributed by atoms with Crippen molar-refractivity contribution in [1.29, 1.82) is 0 Å². The summed E-state index contributed by atoms with van der Waals surface area (Å²) in [5.41, 5.74) is 0. The second kappa shape index (κ2) is 4.21. The van der Waals surface area contributed by atoms with Gasteiger partial charge in [-0.15, -0.1) is 4.90 Å². The van der Waals surface area contributed by atoms with Gasteiger partial charge in [0.05, 0.1) is 31.1 Å². The Balaban J connectivity index is 3.33. The fourth-order valence-corrected chi connectivity index (χ4v) is 0.411. The van der Waals surface area contributed by atoms with Crippen molar-refractivity contribution in [3.05, 3.63) is 0 Å². The van der Waals surface area contributed by atoms with Gasteiger partial charge in [-0.2, -0.15) is 0 Å². The molecule has 0 radical (unpaired) electrons. The number of hydrogen-bond donors (Lipinski definition) is 2. The van der Waals surface area contributed by atoms with Gasteiger partial charge in [0.25, 0.3) is 0 Å². The van der Waals surface area contributed by atoms with Crippen LogP contribution in [-0.2, 0) is 4.79 Å². The van der Waals surface area contributed by atoms with Gasteiger partial charge in [-0.25, -0.2) is 0 Å². The number of amides is 1. The molecule has 0 aromatic heterocycles. The van der Waals surface area contributed by atoms with Gasteiger partial charge < -0.3 is 10.2 Å². The quantitative estimate of drug-likeness (QED) is 0.355. The number of aliphatic hydroxyl groups is 2. The maximum absolute atomic E-state index is 9.76. The summed E-state index contributed by atoms with van der Waals surface area (Å²) in [4.78, 5) is 10.9. The minimum absolute atomic E-state index is 0.125. The highest BCUT2D eigenvalue weighted by molar-refractivity contribution is 5.47. The van der Waals surface area contributed by atoms with Crippen LogP contribution < -0.4 is 0 Å². The summed E-state index contributed by atoms with van der Waals surface area (Å²) in [6.45, 7) is -0.202. The Bertz CT molecular complexity index is 86.3. The molecule has 0 rings (SSSR count). The summed E-state index contributed by atoms with van der Waals surface area (Å²) in [6.07, 6.45) is 0.692. The van der Waals surface area contributed by atoms with Crippen LogP contribution in [0.15, 0.2) is 0 Å². The van der Waals surface area contributed by atoms with Gasteiger partial charge in [0, 0.05) is 0 Å². The lowest BCUT2D eigenvalue weighted by Crippen LogP contribution is -2.30. The smallest absolute Gasteiger partial charge is 0.394 e. The van der Waals surface area contributed by atoms with E-state index < -0.39 is 6.10 Å². The van der Waals surface area contributed by atoms with E-state index in [2.05, 4.69) is 0 Å².